The van der Waals surface area contributed by atoms with E-state index in [0.717, 1.165) is 28.9 Å². The van der Waals surface area contributed by atoms with Crippen molar-refractivity contribution in [2.24, 2.45) is 0 Å². The molecular formula is C26H56N6O. The van der Waals surface area contributed by atoms with E-state index in [-0.39, 0.29) is 22.3 Å². The summed E-state index contributed by atoms with van der Waals surface area (Å²) in [5, 5.41) is 19.9. The SMILES string of the molecule is C.C.C.CC.CC.CC.Cc1[nH]nc(C=O)c1C.Cc1cn[nH]c1C.Cc1n[nH]c(C)c1C. The number of nitrogens with one attached hydrogen (secondary N) is 3. The Bertz CT molecular complexity index is 749. The van der Waals surface area contributed by atoms with E-state index in [2.05, 4.69) is 37.5 Å². The normalized spacial score (nSPS) is 7.55. The molecule has 0 bridgehead atoms. The van der Waals surface area contributed by atoms with Gasteiger partial charge in [-0.3, -0.25) is 20.1 Å². The lowest BCUT2D eigenvalue weighted by atomic mass is 10.2. The predicted molar refractivity (Wildman–Crippen MR) is 149 cm³/mol. The molecule has 0 saturated carbocycles. The van der Waals surface area contributed by atoms with Gasteiger partial charge in [-0.2, -0.15) is 15.3 Å². The molecule has 0 spiro atoms. The first-order valence-corrected chi connectivity index (χ1v) is 10.7. The summed E-state index contributed by atoms with van der Waals surface area (Å²) in [6.07, 6.45) is 2.56. The smallest absolute Gasteiger partial charge is 0.170 e. The van der Waals surface area contributed by atoms with Gasteiger partial charge in [0, 0.05) is 22.6 Å². The topological polar surface area (TPSA) is 103 Å². The minimum Gasteiger partial charge on any atom is -0.296 e. The molecule has 3 N–H and O–H groups in total. The Morgan fingerprint density at radius 3 is 1.18 bits per heavy atom. The van der Waals surface area contributed by atoms with Gasteiger partial charge in [-0.05, 0) is 59.6 Å². The summed E-state index contributed by atoms with van der Waals surface area (Å²) in [6.45, 7) is 25.9. The van der Waals surface area contributed by atoms with Crippen molar-refractivity contribution >= 4 is 6.29 Å². The largest absolute Gasteiger partial charge is 0.296 e. The molecule has 3 rings (SSSR count). The number of carbonyl (C=O) groups is 1. The number of aromatic amines is 3. The van der Waals surface area contributed by atoms with Crippen molar-refractivity contribution in [3.63, 3.8) is 0 Å². The average molecular weight is 469 g/mol. The van der Waals surface area contributed by atoms with Gasteiger partial charge in [-0.15, -0.1) is 0 Å². The molecular weight excluding hydrogens is 412 g/mol. The number of aryl methyl sites for hydroxylation is 5. The fourth-order valence-electron chi connectivity index (χ4n) is 1.64. The number of aldehydes is 1. The van der Waals surface area contributed by atoms with Crippen LogP contribution in [0.3, 0.4) is 0 Å². The Kier molecular flexibility index (Phi) is 36.5. The third kappa shape index (κ3) is 17.5. The van der Waals surface area contributed by atoms with Gasteiger partial charge in [0.05, 0.1) is 11.9 Å². The highest BCUT2D eigenvalue weighted by Crippen LogP contribution is 2.05. The van der Waals surface area contributed by atoms with Crippen molar-refractivity contribution in [3.05, 3.63) is 51.4 Å². The number of rotatable bonds is 1. The van der Waals surface area contributed by atoms with Crippen LogP contribution in [0.25, 0.3) is 0 Å². The minimum absolute atomic E-state index is 0. The molecule has 3 aromatic heterocycles. The third-order valence-corrected chi connectivity index (χ3v) is 3.98. The van der Waals surface area contributed by atoms with E-state index in [1.165, 1.54) is 16.8 Å². The zero-order chi connectivity index (χ0) is 24.3. The molecule has 0 unspecified atom stereocenters. The lowest BCUT2D eigenvalue weighted by Crippen LogP contribution is -1.81. The van der Waals surface area contributed by atoms with Crippen molar-refractivity contribution in [1.29, 1.82) is 0 Å². The Morgan fingerprint density at radius 2 is 1.06 bits per heavy atom. The van der Waals surface area contributed by atoms with E-state index in [1.54, 1.807) is 0 Å². The van der Waals surface area contributed by atoms with Crippen LogP contribution in [0.15, 0.2) is 6.20 Å². The number of hydrogen-bond acceptors (Lipinski definition) is 4. The van der Waals surface area contributed by atoms with Gasteiger partial charge in [0.25, 0.3) is 0 Å². The number of H-pyrrole nitrogens is 3. The van der Waals surface area contributed by atoms with Crippen molar-refractivity contribution in [1.82, 2.24) is 30.6 Å². The van der Waals surface area contributed by atoms with Crippen LogP contribution in [-0.4, -0.2) is 36.9 Å². The van der Waals surface area contributed by atoms with E-state index < -0.39 is 0 Å². The molecule has 0 fully saturated rings. The molecule has 0 saturated heterocycles. The molecule has 3 aromatic rings. The summed E-state index contributed by atoms with van der Waals surface area (Å²) in [6, 6.07) is 0. The van der Waals surface area contributed by atoms with Crippen LogP contribution in [0.4, 0.5) is 0 Å². The molecule has 7 heteroatoms. The van der Waals surface area contributed by atoms with Gasteiger partial charge in [0.1, 0.15) is 5.69 Å². The van der Waals surface area contributed by atoms with Crippen LogP contribution in [0.2, 0.25) is 0 Å². The van der Waals surface area contributed by atoms with Crippen LogP contribution >= 0.6 is 0 Å². The summed E-state index contributed by atoms with van der Waals surface area (Å²) in [5.74, 6) is 0. The highest BCUT2D eigenvalue weighted by molar-refractivity contribution is 5.74. The number of carbonyl (C=O) groups excluding carboxylic acids is 1. The van der Waals surface area contributed by atoms with Gasteiger partial charge < -0.3 is 0 Å². The van der Waals surface area contributed by atoms with Gasteiger partial charge in [-0.1, -0.05) is 63.8 Å². The molecule has 7 nitrogen and oxygen atoms in total. The average Bonchev–Trinajstić information content (AvgIpc) is 3.43. The van der Waals surface area contributed by atoms with Crippen LogP contribution in [-0.2, 0) is 0 Å². The Balaban J connectivity index is -0.0000000716. The zero-order valence-corrected chi connectivity index (χ0v) is 21.4. The van der Waals surface area contributed by atoms with Gasteiger partial charge in [-0.25, -0.2) is 0 Å². The first-order valence-electron chi connectivity index (χ1n) is 10.7. The lowest BCUT2D eigenvalue weighted by Gasteiger charge is -1.83. The molecule has 0 amide bonds. The van der Waals surface area contributed by atoms with Crippen LogP contribution in [0, 0.1) is 48.5 Å². The Hall–Kier alpha value is -2.70. The molecule has 0 atom stereocenters. The van der Waals surface area contributed by atoms with E-state index in [0.29, 0.717) is 5.69 Å². The molecule has 3 heterocycles. The Labute approximate surface area is 205 Å². The van der Waals surface area contributed by atoms with E-state index in [1.807, 2.05) is 89.3 Å². The second-order valence-corrected chi connectivity index (χ2v) is 5.71. The maximum atomic E-state index is 10.2. The Morgan fingerprint density at radius 1 is 0.636 bits per heavy atom. The second kappa shape index (κ2) is 27.3. The maximum Gasteiger partial charge on any atom is 0.170 e. The van der Waals surface area contributed by atoms with Crippen molar-refractivity contribution in [2.75, 3.05) is 0 Å². The monoisotopic (exact) mass is 468 g/mol. The number of aromatic nitrogens is 6. The number of hydrogen-bond donors (Lipinski definition) is 3. The van der Waals surface area contributed by atoms with Crippen LogP contribution in [0.1, 0.15) is 114 Å². The third-order valence-electron chi connectivity index (χ3n) is 3.98. The van der Waals surface area contributed by atoms with E-state index in [9.17, 15) is 4.79 Å². The van der Waals surface area contributed by atoms with Crippen LogP contribution in [0.5, 0.6) is 0 Å². The van der Waals surface area contributed by atoms with Gasteiger partial charge >= 0.3 is 0 Å². The van der Waals surface area contributed by atoms with E-state index in [4.69, 9.17) is 0 Å². The molecule has 0 aliphatic carbocycles. The first kappa shape index (κ1) is 44.1. The maximum absolute atomic E-state index is 10.2. The summed E-state index contributed by atoms with van der Waals surface area (Å²) in [4.78, 5) is 10.2. The first-order chi connectivity index (χ1) is 14.3. The lowest BCUT2D eigenvalue weighted by molar-refractivity contribution is 0.111. The van der Waals surface area contributed by atoms with Crippen molar-refractivity contribution in [2.45, 2.75) is 112 Å². The summed E-state index contributed by atoms with van der Waals surface area (Å²) in [7, 11) is 0. The highest BCUT2D eigenvalue weighted by atomic mass is 16.1. The highest BCUT2D eigenvalue weighted by Gasteiger charge is 2.01. The fourth-order valence-corrected chi connectivity index (χ4v) is 1.64. The van der Waals surface area contributed by atoms with Crippen molar-refractivity contribution in [3.8, 4) is 0 Å². The summed E-state index contributed by atoms with van der Waals surface area (Å²) < 4.78 is 0. The molecule has 0 radical (unpaired) electrons. The summed E-state index contributed by atoms with van der Waals surface area (Å²) >= 11 is 0. The minimum atomic E-state index is 0. The number of nitrogens with zero attached hydrogens (tertiary/aromatic N) is 3. The van der Waals surface area contributed by atoms with E-state index >= 15 is 0 Å². The standard InChI is InChI=1S/C6H8N2O.C6H10N2.C5H8N2.3C2H6.3CH4/c1-4-5(2)7-8-6(4)3-9;1-4-5(2)7-8-6(4)3;1-4-3-6-7-5(4)2;3*1-2;;;/h3H,1-2H3,(H,7,8);1-3H3,(H,7,8);3H,1-2H3,(H,6,7);3*1-2H3;3*1H4. The fraction of sp³-hybridized carbons (Fsp3) is 0.615. The second-order valence-electron chi connectivity index (χ2n) is 5.71. The molecule has 0 aliphatic heterocycles. The molecule has 196 valence electrons. The molecule has 0 aliphatic rings. The quantitative estimate of drug-likeness (QED) is 0.313. The molecule has 33 heavy (non-hydrogen) atoms. The van der Waals surface area contributed by atoms with Crippen molar-refractivity contribution < 1.29 is 4.79 Å². The summed E-state index contributed by atoms with van der Waals surface area (Å²) in [5.41, 5.74) is 8.31. The molecule has 0 aromatic carbocycles. The van der Waals surface area contributed by atoms with Crippen LogP contribution < -0.4 is 0 Å². The predicted octanol–water partition coefficient (Wildman–Crippen LogP) is 8.19. The van der Waals surface area contributed by atoms with Gasteiger partial charge in [0.15, 0.2) is 6.29 Å². The van der Waals surface area contributed by atoms with Gasteiger partial charge in [0.2, 0.25) is 0 Å². The zero-order valence-electron chi connectivity index (χ0n) is 21.4.